The summed E-state index contributed by atoms with van der Waals surface area (Å²) in [6, 6.07) is 4.02. The molecule has 0 atom stereocenters. The van der Waals surface area contributed by atoms with E-state index in [1.165, 1.54) is 12.1 Å². The van der Waals surface area contributed by atoms with Crippen molar-refractivity contribution in [2.24, 2.45) is 0 Å². The number of halogens is 3. The van der Waals surface area contributed by atoms with E-state index in [-0.39, 0.29) is 29.6 Å². The summed E-state index contributed by atoms with van der Waals surface area (Å²) in [4.78, 5) is 23.0. The Hall–Kier alpha value is -1.33. The molecule has 0 unspecified atom stereocenters. The van der Waals surface area contributed by atoms with Crippen LogP contribution in [0.5, 0.6) is 0 Å². The summed E-state index contributed by atoms with van der Waals surface area (Å²) >= 11 is 11.2. The highest BCUT2D eigenvalue weighted by molar-refractivity contribution is 6.33. The van der Waals surface area contributed by atoms with Crippen molar-refractivity contribution >= 4 is 35.0 Å². The van der Waals surface area contributed by atoms with E-state index in [4.69, 9.17) is 23.2 Å². The molecule has 0 fully saturated rings. The van der Waals surface area contributed by atoms with Crippen LogP contribution in [-0.4, -0.2) is 30.8 Å². The molecule has 0 saturated heterocycles. The normalized spacial score (nSPS) is 10.2. The Labute approximate surface area is 126 Å². The molecule has 20 heavy (non-hydrogen) atoms. The third kappa shape index (κ3) is 5.35. The van der Waals surface area contributed by atoms with Crippen LogP contribution >= 0.6 is 23.2 Å². The minimum atomic E-state index is -0.679. The fourth-order valence-corrected chi connectivity index (χ4v) is 1.88. The minimum Gasteiger partial charge on any atom is -0.354 e. The third-order valence-corrected chi connectivity index (χ3v) is 3.04. The van der Waals surface area contributed by atoms with Crippen molar-refractivity contribution < 1.29 is 14.0 Å². The van der Waals surface area contributed by atoms with E-state index in [0.29, 0.717) is 18.7 Å². The average molecular weight is 321 g/mol. The molecule has 0 aliphatic heterocycles. The van der Waals surface area contributed by atoms with Gasteiger partial charge >= 0.3 is 0 Å². The van der Waals surface area contributed by atoms with Crippen molar-refractivity contribution in [3.8, 4) is 0 Å². The lowest BCUT2D eigenvalue weighted by Crippen LogP contribution is -2.35. The Balaban J connectivity index is 2.35. The molecule has 0 spiro atoms. The van der Waals surface area contributed by atoms with Gasteiger partial charge < -0.3 is 10.6 Å². The average Bonchev–Trinajstić information content (AvgIpc) is 2.41. The van der Waals surface area contributed by atoms with E-state index in [1.54, 1.807) is 0 Å². The van der Waals surface area contributed by atoms with Gasteiger partial charge in [-0.15, -0.1) is 11.6 Å². The number of rotatable bonds is 7. The minimum absolute atomic E-state index is 0.0497. The molecule has 110 valence electrons. The molecular weight excluding hydrogens is 306 g/mol. The van der Waals surface area contributed by atoms with Gasteiger partial charge in [0.25, 0.3) is 5.91 Å². The molecule has 1 aromatic rings. The molecule has 0 bridgehead atoms. The highest BCUT2D eigenvalue weighted by atomic mass is 35.5. The van der Waals surface area contributed by atoms with Crippen molar-refractivity contribution in [1.29, 1.82) is 0 Å². The van der Waals surface area contributed by atoms with Crippen molar-refractivity contribution in [2.45, 2.75) is 12.8 Å². The van der Waals surface area contributed by atoms with Gasteiger partial charge in [0.1, 0.15) is 5.82 Å². The van der Waals surface area contributed by atoms with E-state index in [9.17, 15) is 14.0 Å². The maximum absolute atomic E-state index is 13.5. The molecule has 1 rings (SSSR count). The first kappa shape index (κ1) is 16.7. The fourth-order valence-electron chi connectivity index (χ4n) is 1.50. The highest BCUT2D eigenvalue weighted by Crippen LogP contribution is 2.18. The summed E-state index contributed by atoms with van der Waals surface area (Å²) in [6.45, 7) is 0.453. The monoisotopic (exact) mass is 320 g/mol. The van der Waals surface area contributed by atoms with Gasteiger partial charge in [-0.25, -0.2) is 4.39 Å². The lowest BCUT2D eigenvalue weighted by atomic mass is 10.2. The molecule has 0 radical (unpaired) electrons. The second kappa shape index (κ2) is 8.76. The molecule has 2 amide bonds. The molecule has 0 aliphatic rings. The van der Waals surface area contributed by atoms with E-state index >= 15 is 0 Å². The number of benzene rings is 1. The molecule has 0 heterocycles. The molecule has 0 saturated carbocycles. The molecule has 7 heteroatoms. The number of hydrogen-bond donors (Lipinski definition) is 2. The first-order valence-electron chi connectivity index (χ1n) is 6.11. The fraction of sp³-hybridized carbons (Fsp3) is 0.385. The second-order valence-corrected chi connectivity index (χ2v) is 4.78. The number of alkyl halides is 1. The SMILES string of the molecule is O=C(CCCCl)NCCNC(=O)c1c(F)cccc1Cl. The predicted molar refractivity (Wildman–Crippen MR) is 76.7 cm³/mol. The highest BCUT2D eigenvalue weighted by Gasteiger charge is 2.14. The van der Waals surface area contributed by atoms with Crippen LogP contribution in [0.25, 0.3) is 0 Å². The quantitative estimate of drug-likeness (QED) is 0.598. The van der Waals surface area contributed by atoms with Gasteiger partial charge in [0.15, 0.2) is 0 Å². The van der Waals surface area contributed by atoms with Gasteiger partial charge in [-0.3, -0.25) is 9.59 Å². The first-order valence-corrected chi connectivity index (χ1v) is 7.02. The van der Waals surface area contributed by atoms with Crippen LogP contribution in [0, 0.1) is 5.82 Å². The number of carbonyl (C=O) groups excluding carboxylic acids is 2. The standard InChI is InChI=1S/C13H15Cl2FN2O2/c14-6-2-5-11(19)17-7-8-18-13(20)12-9(15)3-1-4-10(12)16/h1,3-4H,2,5-8H2,(H,17,19)(H,18,20). The predicted octanol–water partition coefficient (Wildman–Crippen LogP) is 2.34. The zero-order valence-electron chi connectivity index (χ0n) is 10.7. The molecular formula is C13H15Cl2FN2O2. The van der Waals surface area contributed by atoms with Crippen molar-refractivity contribution in [2.75, 3.05) is 19.0 Å². The summed E-state index contributed by atoms with van der Waals surface area (Å²) < 4.78 is 13.5. The molecule has 2 N–H and O–H groups in total. The van der Waals surface area contributed by atoms with Gasteiger partial charge in [-0.2, -0.15) is 0 Å². The van der Waals surface area contributed by atoms with Crippen LogP contribution < -0.4 is 10.6 Å². The lowest BCUT2D eigenvalue weighted by molar-refractivity contribution is -0.121. The van der Waals surface area contributed by atoms with Gasteiger partial charge in [0, 0.05) is 25.4 Å². The Morgan fingerprint density at radius 1 is 1.20 bits per heavy atom. The van der Waals surface area contributed by atoms with Crippen molar-refractivity contribution in [3.63, 3.8) is 0 Å². The summed E-state index contributed by atoms with van der Waals surface area (Å²) in [5.74, 6) is -0.997. The van der Waals surface area contributed by atoms with E-state index in [0.717, 1.165) is 6.07 Å². The van der Waals surface area contributed by atoms with Crippen LogP contribution in [-0.2, 0) is 4.79 Å². The maximum Gasteiger partial charge on any atom is 0.255 e. The largest absolute Gasteiger partial charge is 0.354 e. The number of hydrogen-bond acceptors (Lipinski definition) is 2. The molecule has 0 aliphatic carbocycles. The van der Waals surface area contributed by atoms with E-state index < -0.39 is 11.7 Å². The number of nitrogens with one attached hydrogen (secondary N) is 2. The third-order valence-electron chi connectivity index (χ3n) is 2.46. The first-order chi connectivity index (χ1) is 9.56. The molecule has 0 aromatic heterocycles. The van der Waals surface area contributed by atoms with Crippen LogP contribution in [0.15, 0.2) is 18.2 Å². The summed E-state index contributed by atoms with van der Waals surface area (Å²) in [6.07, 6.45) is 0.946. The Morgan fingerprint density at radius 3 is 2.55 bits per heavy atom. The summed E-state index contributed by atoms with van der Waals surface area (Å²) in [5.41, 5.74) is -0.192. The van der Waals surface area contributed by atoms with Crippen molar-refractivity contribution in [1.82, 2.24) is 10.6 Å². The maximum atomic E-state index is 13.5. The number of carbonyl (C=O) groups is 2. The molecule has 1 aromatic carbocycles. The Bertz CT molecular complexity index is 463. The Kier molecular flexibility index (Phi) is 7.33. The lowest BCUT2D eigenvalue weighted by Gasteiger charge is -2.08. The zero-order chi connectivity index (χ0) is 15.0. The topological polar surface area (TPSA) is 58.2 Å². The van der Waals surface area contributed by atoms with Gasteiger partial charge in [-0.05, 0) is 18.6 Å². The van der Waals surface area contributed by atoms with Crippen LogP contribution in [0.4, 0.5) is 4.39 Å². The van der Waals surface area contributed by atoms with Gasteiger partial charge in [0.05, 0.1) is 10.6 Å². The van der Waals surface area contributed by atoms with Crippen molar-refractivity contribution in [3.05, 3.63) is 34.6 Å². The number of amides is 2. The Morgan fingerprint density at radius 2 is 1.90 bits per heavy atom. The second-order valence-electron chi connectivity index (χ2n) is 4.00. The summed E-state index contributed by atoms with van der Waals surface area (Å²) in [5, 5.41) is 5.15. The zero-order valence-corrected chi connectivity index (χ0v) is 12.2. The summed E-state index contributed by atoms with van der Waals surface area (Å²) in [7, 11) is 0. The van der Waals surface area contributed by atoms with Crippen LogP contribution in [0.2, 0.25) is 5.02 Å². The van der Waals surface area contributed by atoms with E-state index in [2.05, 4.69) is 10.6 Å². The smallest absolute Gasteiger partial charge is 0.255 e. The van der Waals surface area contributed by atoms with Crippen LogP contribution in [0.1, 0.15) is 23.2 Å². The van der Waals surface area contributed by atoms with Gasteiger partial charge in [0.2, 0.25) is 5.91 Å². The van der Waals surface area contributed by atoms with Gasteiger partial charge in [-0.1, -0.05) is 17.7 Å². The van der Waals surface area contributed by atoms with Crippen LogP contribution in [0.3, 0.4) is 0 Å². The van der Waals surface area contributed by atoms with E-state index in [1.807, 2.05) is 0 Å². The molecule has 4 nitrogen and oxygen atoms in total.